The van der Waals surface area contributed by atoms with Gasteiger partial charge in [0.1, 0.15) is 0 Å². The minimum Gasteiger partial charge on any atom is -0.374 e. The summed E-state index contributed by atoms with van der Waals surface area (Å²) in [4.78, 5) is 0. The van der Waals surface area contributed by atoms with E-state index in [1.54, 1.807) is 4.31 Å². The number of rotatable bonds is 3. The van der Waals surface area contributed by atoms with Crippen LogP contribution in [0.3, 0.4) is 0 Å². The van der Waals surface area contributed by atoms with Crippen molar-refractivity contribution in [1.29, 1.82) is 0 Å². The van der Waals surface area contributed by atoms with Crippen LogP contribution in [0.2, 0.25) is 0 Å². The average Bonchev–Trinajstić information content (AvgIpc) is 2.14. The molecule has 0 radical (unpaired) electrons. The zero-order valence-electron chi connectivity index (χ0n) is 8.76. The van der Waals surface area contributed by atoms with Crippen molar-refractivity contribution >= 4 is 10.0 Å². The Morgan fingerprint density at radius 1 is 1.40 bits per heavy atom. The predicted molar refractivity (Wildman–Crippen MR) is 56.9 cm³/mol. The summed E-state index contributed by atoms with van der Waals surface area (Å²) >= 11 is 0. The Morgan fingerprint density at radius 3 is 2.67 bits per heavy atom. The monoisotopic (exact) mass is 234 g/mol. The maximum Gasteiger partial charge on any atom is 0.217 e. The van der Waals surface area contributed by atoms with E-state index in [0.717, 1.165) is 19.3 Å². The van der Waals surface area contributed by atoms with Crippen LogP contribution in [0.4, 0.5) is 0 Å². The Bertz CT molecular complexity index is 313. The van der Waals surface area contributed by atoms with Crippen molar-refractivity contribution in [1.82, 2.24) is 4.31 Å². The molecule has 1 atom stereocenters. The third kappa shape index (κ3) is 2.18. The van der Waals surface area contributed by atoms with Crippen LogP contribution in [0, 0.1) is 0 Å². The number of morpholine rings is 1. The summed E-state index contributed by atoms with van der Waals surface area (Å²) in [6.07, 6.45) is 2.53. The molecule has 88 valence electrons. The Hall–Kier alpha value is -0.170. The van der Waals surface area contributed by atoms with Gasteiger partial charge in [0, 0.05) is 19.6 Å². The van der Waals surface area contributed by atoms with E-state index < -0.39 is 10.0 Å². The number of nitrogens with zero attached hydrogens (tertiary/aromatic N) is 1. The molecule has 15 heavy (non-hydrogen) atoms. The maximum atomic E-state index is 12.1. The molecular weight excluding hydrogens is 216 g/mol. The SMILES string of the molecule is NCC1CN(S(=O)(=O)C2CCC2)CCO1. The van der Waals surface area contributed by atoms with Gasteiger partial charge in [0.25, 0.3) is 0 Å². The first-order valence-corrected chi connectivity index (χ1v) is 6.95. The van der Waals surface area contributed by atoms with E-state index in [9.17, 15) is 8.42 Å². The molecule has 2 N–H and O–H groups in total. The summed E-state index contributed by atoms with van der Waals surface area (Å²) < 4.78 is 31.0. The van der Waals surface area contributed by atoms with E-state index >= 15 is 0 Å². The Balaban J connectivity index is 2.02. The number of hydrogen-bond acceptors (Lipinski definition) is 4. The molecule has 1 saturated heterocycles. The molecule has 0 spiro atoms. The second kappa shape index (κ2) is 4.37. The number of ether oxygens (including phenoxy) is 1. The molecule has 1 unspecified atom stereocenters. The van der Waals surface area contributed by atoms with Gasteiger partial charge in [-0.1, -0.05) is 6.42 Å². The van der Waals surface area contributed by atoms with Gasteiger partial charge in [0.2, 0.25) is 10.0 Å². The van der Waals surface area contributed by atoms with Gasteiger partial charge in [0.05, 0.1) is 18.0 Å². The molecular formula is C9H18N2O3S. The average molecular weight is 234 g/mol. The van der Waals surface area contributed by atoms with Gasteiger partial charge >= 0.3 is 0 Å². The molecule has 1 saturated carbocycles. The highest BCUT2D eigenvalue weighted by Crippen LogP contribution is 2.29. The summed E-state index contributed by atoms with van der Waals surface area (Å²) in [5.41, 5.74) is 5.48. The zero-order chi connectivity index (χ0) is 10.9. The molecule has 2 fully saturated rings. The minimum absolute atomic E-state index is 0.131. The molecule has 0 aromatic carbocycles. The standard InChI is InChI=1S/C9H18N2O3S/c10-6-8-7-11(4-5-14-8)15(12,13)9-2-1-3-9/h8-9H,1-7,10H2. The van der Waals surface area contributed by atoms with E-state index in [1.807, 2.05) is 0 Å². The lowest BCUT2D eigenvalue weighted by Crippen LogP contribution is -2.51. The molecule has 1 heterocycles. The van der Waals surface area contributed by atoms with Crippen LogP contribution in [-0.2, 0) is 14.8 Å². The fourth-order valence-electron chi connectivity index (χ4n) is 1.95. The molecule has 2 aliphatic rings. The van der Waals surface area contributed by atoms with Crippen LogP contribution in [0.1, 0.15) is 19.3 Å². The summed E-state index contributed by atoms with van der Waals surface area (Å²) in [7, 11) is -3.07. The van der Waals surface area contributed by atoms with Crippen molar-refractivity contribution in [3.05, 3.63) is 0 Å². The van der Waals surface area contributed by atoms with Crippen molar-refractivity contribution < 1.29 is 13.2 Å². The molecule has 1 aliphatic heterocycles. The topological polar surface area (TPSA) is 72.6 Å². The van der Waals surface area contributed by atoms with Crippen molar-refractivity contribution in [2.24, 2.45) is 5.73 Å². The lowest BCUT2D eigenvalue weighted by atomic mass is 10.0. The molecule has 0 aromatic heterocycles. The molecule has 0 amide bonds. The van der Waals surface area contributed by atoms with Gasteiger partial charge in [-0.15, -0.1) is 0 Å². The van der Waals surface area contributed by atoms with Crippen molar-refractivity contribution in [2.45, 2.75) is 30.6 Å². The van der Waals surface area contributed by atoms with Crippen LogP contribution in [0.15, 0.2) is 0 Å². The quantitative estimate of drug-likeness (QED) is 0.716. The van der Waals surface area contributed by atoms with Gasteiger partial charge in [0.15, 0.2) is 0 Å². The smallest absolute Gasteiger partial charge is 0.217 e. The highest BCUT2D eigenvalue weighted by molar-refractivity contribution is 7.89. The highest BCUT2D eigenvalue weighted by atomic mass is 32.2. The van der Waals surface area contributed by atoms with Crippen LogP contribution in [-0.4, -0.2) is 50.3 Å². The van der Waals surface area contributed by atoms with E-state index in [0.29, 0.717) is 26.2 Å². The van der Waals surface area contributed by atoms with Gasteiger partial charge in [-0.05, 0) is 12.8 Å². The van der Waals surface area contributed by atoms with E-state index in [4.69, 9.17) is 10.5 Å². The zero-order valence-corrected chi connectivity index (χ0v) is 9.58. The first-order chi connectivity index (χ1) is 7.14. The third-order valence-electron chi connectivity index (χ3n) is 3.20. The van der Waals surface area contributed by atoms with Gasteiger partial charge in [-0.2, -0.15) is 4.31 Å². The summed E-state index contributed by atoms with van der Waals surface area (Å²) in [6.45, 7) is 1.76. The second-order valence-corrected chi connectivity index (χ2v) is 6.40. The molecule has 2 rings (SSSR count). The van der Waals surface area contributed by atoms with Gasteiger partial charge in [-0.25, -0.2) is 8.42 Å². The number of hydrogen-bond donors (Lipinski definition) is 1. The lowest BCUT2D eigenvalue weighted by molar-refractivity contribution is 0.00395. The molecule has 5 nitrogen and oxygen atoms in total. The van der Waals surface area contributed by atoms with E-state index in [-0.39, 0.29) is 11.4 Å². The number of nitrogens with two attached hydrogens (primary N) is 1. The molecule has 1 aliphatic carbocycles. The summed E-state index contributed by atoms with van der Waals surface area (Å²) in [6, 6.07) is 0. The fourth-order valence-corrected chi connectivity index (χ4v) is 4.00. The maximum absolute atomic E-state index is 12.1. The van der Waals surface area contributed by atoms with E-state index in [2.05, 4.69) is 0 Å². The van der Waals surface area contributed by atoms with E-state index in [1.165, 1.54) is 0 Å². The lowest BCUT2D eigenvalue weighted by Gasteiger charge is -2.36. The third-order valence-corrected chi connectivity index (χ3v) is 5.56. The van der Waals surface area contributed by atoms with Gasteiger partial charge in [-0.3, -0.25) is 0 Å². The Morgan fingerprint density at radius 2 is 2.13 bits per heavy atom. The molecule has 0 aromatic rings. The van der Waals surface area contributed by atoms with Gasteiger partial charge < -0.3 is 10.5 Å². The fraction of sp³-hybridized carbons (Fsp3) is 1.00. The minimum atomic E-state index is -3.07. The van der Waals surface area contributed by atoms with Crippen molar-refractivity contribution in [3.63, 3.8) is 0 Å². The molecule has 6 heteroatoms. The largest absolute Gasteiger partial charge is 0.374 e. The van der Waals surface area contributed by atoms with Crippen molar-refractivity contribution in [2.75, 3.05) is 26.2 Å². The van der Waals surface area contributed by atoms with Crippen LogP contribution < -0.4 is 5.73 Å². The highest BCUT2D eigenvalue weighted by Gasteiger charge is 2.38. The molecule has 0 bridgehead atoms. The first kappa shape index (κ1) is 11.3. The van der Waals surface area contributed by atoms with Crippen LogP contribution in [0.25, 0.3) is 0 Å². The summed E-state index contributed by atoms with van der Waals surface area (Å²) in [5, 5.41) is -0.144. The number of sulfonamides is 1. The normalized spacial score (nSPS) is 30.1. The van der Waals surface area contributed by atoms with Crippen LogP contribution in [0.5, 0.6) is 0 Å². The van der Waals surface area contributed by atoms with Crippen molar-refractivity contribution in [3.8, 4) is 0 Å². The Kier molecular flexibility index (Phi) is 3.30. The predicted octanol–water partition coefficient (Wildman–Crippen LogP) is -0.472. The summed E-state index contributed by atoms with van der Waals surface area (Å²) in [5.74, 6) is 0. The Labute approximate surface area is 90.6 Å². The second-order valence-electron chi connectivity index (χ2n) is 4.18. The van der Waals surface area contributed by atoms with Crippen LogP contribution >= 0.6 is 0 Å². The first-order valence-electron chi connectivity index (χ1n) is 5.45.